The second-order valence-corrected chi connectivity index (χ2v) is 6.86. The number of rotatable bonds is 6. The topological polar surface area (TPSA) is 87.9 Å². The highest BCUT2D eigenvalue weighted by molar-refractivity contribution is 5.94. The number of benzene rings is 1. The summed E-state index contributed by atoms with van der Waals surface area (Å²) in [6, 6.07) is 7.16. The van der Waals surface area contributed by atoms with Crippen LogP contribution in [0.4, 0.5) is 0 Å². The quantitative estimate of drug-likeness (QED) is 0.807. The van der Waals surface area contributed by atoms with Gasteiger partial charge in [0.1, 0.15) is 18.1 Å². The molecule has 0 atom stereocenters. The lowest BCUT2D eigenvalue weighted by Crippen LogP contribution is -2.50. The fourth-order valence-corrected chi connectivity index (χ4v) is 3.13. The highest BCUT2D eigenvalue weighted by atomic mass is 16.5. The Labute approximate surface area is 164 Å². The van der Waals surface area contributed by atoms with Crippen molar-refractivity contribution in [3.63, 3.8) is 0 Å². The van der Waals surface area contributed by atoms with Gasteiger partial charge in [-0.15, -0.1) is 0 Å². The molecule has 2 amide bonds. The summed E-state index contributed by atoms with van der Waals surface area (Å²) in [6.45, 7) is 7.09. The van der Waals surface area contributed by atoms with Crippen molar-refractivity contribution in [1.29, 1.82) is 0 Å². The van der Waals surface area contributed by atoms with E-state index >= 15 is 0 Å². The van der Waals surface area contributed by atoms with Crippen LogP contribution in [0.3, 0.4) is 0 Å². The molecule has 0 saturated carbocycles. The zero-order valence-electron chi connectivity index (χ0n) is 16.5. The lowest BCUT2D eigenvalue weighted by molar-refractivity contribution is -0.122. The van der Waals surface area contributed by atoms with E-state index in [9.17, 15) is 9.59 Å². The summed E-state index contributed by atoms with van der Waals surface area (Å²) in [7, 11) is 1.63. The van der Waals surface area contributed by atoms with Crippen molar-refractivity contribution in [2.24, 2.45) is 0 Å². The molecule has 8 nitrogen and oxygen atoms in total. The van der Waals surface area contributed by atoms with Crippen LogP contribution in [0.2, 0.25) is 0 Å². The van der Waals surface area contributed by atoms with Gasteiger partial charge in [0.2, 0.25) is 5.91 Å². The van der Waals surface area contributed by atoms with Crippen LogP contribution in [0.25, 0.3) is 0 Å². The zero-order valence-corrected chi connectivity index (χ0v) is 16.5. The molecular weight excluding hydrogens is 360 g/mol. The predicted octanol–water partition coefficient (Wildman–Crippen LogP) is 1.37. The first-order valence-corrected chi connectivity index (χ1v) is 9.34. The van der Waals surface area contributed by atoms with Crippen molar-refractivity contribution in [3.05, 3.63) is 46.8 Å². The number of nitrogens with zero attached hydrogens (tertiary/aromatic N) is 3. The number of piperazine rings is 1. The first-order chi connectivity index (χ1) is 13.5. The Morgan fingerprint density at radius 3 is 2.39 bits per heavy atom. The third kappa shape index (κ3) is 4.69. The average molecular weight is 386 g/mol. The van der Waals surface area contributed by atoms with Gasteiger partial charge in [0.05, 0.1) is 17.8 Å². The lowest BCUT2D eigenvalue weighted by Gasteiger charge is -2.34. The Morgan fingerprint density at radius 2 is 1.82 bits per heavy atom. The first-order valence-electron chi connectivity index (χ1n) is 9.34. The van der Waals surface area contributed by atoms with Crippen LogP contribution < -0.4 is 10.1 Å². The number of aromatic nitrogens is 1. The Kier molecular flexibility index (Phi) is 6.30. The molecule has 1 N–H and O–H groups in total. The average Bonchev–Trinajstić information content (AvgIpc) is 3.04. The van der Waals surface area contributed by atoms with Crippen LogP contribution in [0.1, 0.15) is 27.4 Å². The number of carbonyl (C=O) groups excluding carboxylic acids is 2. The van der Waals surface area contributed by atoms with E-state index in [1.165, 1.54) is 0 Å². The molecule has 2 heterocycles. The molecule has 28 heavy (non-hydrogen) atoms. The van der Waals surface area contributed by atoms with E-state index in [2.05, 4.69) is 10.5 Å². The summed E-state index contributed by atoms with van der Waals surface area (Å²) in [4.78, 5) is 28.0. The van der Waals surface area contributed by atoms with Crippen LogP contribution in [0, 0.1) is 13.8 Å². The van der Waals surface area contributed by atoms with Gasteiger partial charge >= 0.3 is 0 Å². The normalized spacial score (nSPS) is 14.8. The molecule has 0 unspecified atom stereocenters. The van der Waals surface area contributed by atoms with Crippen molar-refractivity contribution in [1.82, 2.24) is 20.3 Å². The van der Waals surface area contributed by atoms with Crippen LogP contribution in [0.5, 0.6) is 5.75 Å². The fourth-order valence-electron chi connectivity index (χ4n) is 3.13. The molecule has 3 rings (SSSR count). The SMILES string of the molecule is CNC(=O)CN1CCN(C(=O)c2ccc(OCc3c(C)noc3C)cc2)CC1. The van der Waals surface area contributed by atoms with Crippen LogP contribution >= 0.6 is 0 Å². The highest BCUT2D eigenvalue weighted by Crippen LogP contribution is 2.19. The summed E-state index contributed by atoms with van der Waals surface area (Å²) < 4.78 is 10.9. The molecule has 0 aliphatic carbocycles. The van der Waals surface area contributed by atoms with Crippen molar-refractivity contribution in [2.75, 3.05) is 39.8 Å². The molecule has 0 bridgehead atoms. The summed E-state index contributed by atoms with van der Waals surface area (Å²) in [5, 5.41) is 6.53. The highest BCUT2D eigenvalue weighted by Gasteiger charge is 2.23. The minimum absolute atomic E-state index is 0.00290. The Morgan fingerprint density at radius 1 is 1.14 bits per heavy atom. The maximum Gasteiger partial charge on any atom is 0.253 e. The van der Waals surface area contributed by atoms with Gasteiger partial charge in [-0.3, -0.25) is 14.5 Å². The number of hydrogen-bond acceptors (Lipinski definition) is 6. The van der Waals surface area contributed by atoms with E-state index in [-0.39, 0.29) is 11.8 Å². The standard InChI is InChI=1S/C20H26N4O4/c1-14-18(15(2)28-22-14)13-27-17-6-4-16(5-7-17)20(26)24-10-8-23(9-11-24)12-19(25)21-3/h4-7H,8-13H2,1-3H3,(H,21,25). The first kappa shape index (κ1) is 19.9. The predicted molar refractivity (Wildman–Crippen MR) is 103 cm³/mol. The van der Waals surface area contributed by atoms with Crippen molar-refractivity contribution in [2.45, 2.75) is 20.5 Å². The van der Waals surface area contributed by atoms with E-state index in [4.69, 9.17) is 9.26 Å². The summed E-state index contributed by atoms with van der Waals surface area (Å²) in [5.74, 6) is 1.43. The minimum atomic E-state index is -0.00745. The van der Waals surface area contributed by atoms with E-state index < -0.39 is 0 Å². The molecule has 1 aromatic heterocycles. The van der Waals surface area contributed by atoms with E-state index in [1.807, 2.05) is 23.6 Å². The van der Waals surface area contributed by atoms with Crippen molar-refractivity contribution < 1.29 is 18.8 Å². The Bertz CT molecular complexity index is 804. The number of carbonyl (C=O) groups is 2. The second-order valence-electron chi connectivity index (χ2n) is 6.86. The molecule has 1 saturated heterocycles. The van der Waals surface area contributed by atoms with Crippen LogP contribution in [0.15, 0.2) is 28.8 Å². The van der Waals surface area contributed by atoms with Crippen LogP contribution in [-0.2, 0) is 11.4 Å². The van der Waals surface area contributed by atoms with Gasteiger partial charge in [-0.05, 0) is 38.1 Å². The monoisotopic (exact) mass is 386 g/mol. The number of nitrogens with one attached hydrogen (secondary N) is 1. The number of hydrogen-bond donors (Lipinski definition) is 1. The minimum Gasteiger partial charge on any atom is -0.489 e. The third-order valence-electron chi connectivity index (χ3n) is 4.97. The van der Waals surface area contributed by atoms with Gasteiger partial charge in [0.25, 0.3) is 5.91 Å². The molecule has 2 aromatic rings. The molecule has 1 aliphatic rings. The fraction of sp³-hybridized carbons (Fsp3) is 0.450. The van der Waals surface area contributed by atoms with Gasteiger partial charge in [0, 0.05) is 38.8 Å². The molecule has 0 radical (unpaired) electrons. The molecule has 0 spiro atoms. The van der Waals surface area contributed by atoms with E-state index in [1.54, 1.807) is 31.3 Å². The van der Waals surface area contributed by atoms with Crippen molar-refractivity contribution in [3.8, 4) is 5.75 Å². The molecule has 1 aliphatic heterocycles. The Hall–Kier alpha value is -2.87. The van der Waals surface area contributed by atoms with Gasteiger partial charge in [0.15, 0.2) is 0 Å². The Balaban J connectivity index is 1.52. The van der Waals surface area contributed by atoms with Gasteiger partial charge in [-0.2, -0.15) is 0 Å². The van der Waals surface area contributed by atoms with Crippen molar-refractivity contribution >= 4 is 11.8 Å². The molecule has 1 aromatic carbocycles. The van der Waals surface area contributed by atoms with Gasteiger partial charge < -0.3 is 19.5 Å². The number of amides is 2. The molecular formula is C20H26N4O4. The maximum absolute atomic E-state index is 12.7. The summed E-state index contributed by atoms with van der Waals surface area (Å²) in [5.41, 5.74) is 2.39. The summed E-state index contributed by atoms with van der Waals surface area (Å²) >= 11 is 0. The molecule has 150 valence electrons. The van der Waals surface area contributed by atoms with Crippen LogP contribution in [-0.4, -0.2) is 66.5 Å². The third-order valence-corrected chi connectivity index (χ3v) is 4.97. The van der Waals surface area contributed by atoms with E-state index in [0.717, 1.165) is 17.0 Å². The smallest absolute Gasteiger partial charge is 0.253 e. The van der Waals surface area contributed by atoms with Gasteiger partial charge in [-0.25, -0.2) is 0 Å². The second kappa shape index (κ2) is 8.88. The van der Waals surface area contributed by atoms with E-state index in [0.29, 0.717) is 50.6 Å². The zero-order chi connectivity index (χ0) is 20.1. The molecule has 8 heteroatoms. The number of ether oxygens (including phenoxy) is 1. The molecule has 1 fully saturated rings. The lowest BCUT2D eigenvalue weighted by atomic mass is 10.1. The maximum atomic E-state index is 12.7. The number of aryl methyl sites for hydroxylation is 2. The summed E-state index contributed by atoms with van der Waals surface area (Å²) in [6.07, 6.45) is 0. The van der Waals surface area contributed by atoms with Gasteiger partial charge in [-0.1, -0.05) is 5.16 Å². The largest absolute Gasteiger partial charge is 0.489 e. The number of likely N-dealkylation sites (N-methyl/N-ethyl adjacent to an activating group) is 1.